The molecule has 0 saturated heterocycles. The van der Waals surface area contributed by atoms with E-state index >= 15 is 0 Å². The van der Waals surface area contributed by atoms with Gasteiger partial charge in [0.2, 0.25) is 0 Å². The van der Waals surface area contributed by atoms with Gasteiger partial charge in [-0.1, -0.05) is 30.3 Å². The van der Waals surface area contributed by atoms with Crippen LogP contribution in [0, 0.1) is 0 Å². The van der Waals surface area contributed by atoms with Crippen molar-refractivity contribution in [3.63, 3.8) is 0 Å². The third-order valence-corrected chi connectivity index (χ3v) is 13.6. The van der Waals surface area contributed by atoms with Crippen LogP contribution in [0.5, 0.6) is 11.5 Å². The third-order valence-electron chi connectivity index (χ3n) is 6.10. The molecule has 0 atom stereocenters. The second-order valence-electron chi connectivity index (χ2n) is 8.55. The number of ether oxygens (including phenoxy) is 2. The lowest BCUT2D eigenvalue weighted by Crippen LogP contribution is -2.27. The average molecular weight is 637 g/mol. The molecule has 5 aromatic rings. The summed E-state index contributed by atoms with van der Waals surface area (Å²) >= 11 is 2.79. The van der Waals surface area contributed by atoms with Gasteiger partial charge >= 0.3 is 15.6 Å². The molecule has 0 unspecified atom stereocenters. The molecule has 0 bridgehead atoms. The molecule has 0 spiro atoms. The van der Waals surface area contributed by atoms with Crippen molar-refractivity contribution in [3.8, 4) is 32.4 Å². The Balaban J connectivity index is 1.70. The van der Waals surface area contributed by atoms with E-state index in [2.05, 4.69) is 0 Å². The van der Waals surface area contributed by atoms with Crippen LogP contribution in [0.1, 0.15) is 0 Å². The number of methoxy groups -OCH3 is 2. The second kappa shape index (κ2) is 11.5. The minimum Gasteiger partial charge on any atom is -0.497 e. The molecule has 0 fully saturated rings. The number of thiophene rings is 2. The first kappa shape index (κ1) is 29.2. The quantitative estimate of drug-likeness (QED) is 0.151. The van der Waals surface area contributed by atoms with Gasteiger partial charge in [0.05, 0.1) is 18.4 Å². The van der Waals surface area contributed by atoms with Crippen molar-refractivity contribution < 1.29 is 34.7 Å². The molecule has 0 aliphatic carbocycles. The molecule has 2 heterocycles. The molecular weight excluding hydrogens is 614 g/mol. The van der Waals surface area contributed by atoms with Gasteiger partial charge < -0.3 is 9.47 Å². The lowest BCUT2D eigenvalue weighted by molar-refractivity contribution is -0.0496. The first-order chi connectivity index (χ1) is 19.6. The average Bonchev–Trinajstić information content (AvgIpc) is 3.69. The van der Waals surface area contributed by atoms with E-state index in [-0.39, 0.29) is 9.79 Å². The lowest BCUT2D eigenvalue weighted by atomic mass is 10.1. The Bertz CT molecular complexity index is 1660. The third kappa shape index (κ3) is 5.75. The summed E-state index contributed by atoms with van der Waals surface area (Å²) in [7, 11) is -6.57. The number of hydrogen-bond donors (Lipinski definition) is 0. The van der Waals surface area contributed by atoms with Gasteiger partial charge in [-0.15, -0.1) is 22.7 Å². The molecule has 0 saturated carbocycles. The van der Waals surface area contributed by atoms with Crippen LogP contribution >= 0.6 is 33.0 Å². The molecule has 0 N–H and O–H groups in total. The van der Waals surface area contributed by atoms with Crippen molar-refractivity contribution in [1.82, 2.24) is 0 Å². The summed E-state index contributed by atoms with van der Waals surface area (Å²) in [5.41, 5.74) is -3.77. The molecule has 2 aromatic heterocycles. The van der Waals surface area contributed by atoms with Crippen LogP contribution in [0.4, 0.5) is 13.2 Å². The highest BCUT2D eigenvalue weighted by atomic mass is 32.3. The number of halogens is 3. The Labute approximate surface area is 245 Å². The summed E-state index contributed by atoms with van der Waals surface area (Å²) in [6, 6.07) is 27.5. The van der Waals surface area contributed by atoms with Crippen LogP contribution in [0.2, 0.25) is 0 Å². The Hall–Kier alpha value is -3.29. The topological polar surface area (TPSA) is 61.8 Å². The van der Waals surface area contributed by atoms with Gasteiger partial charge in [0.15, 0.2) is 0 Å². The summed E-state index contributed by atoms with van der Waals surface area (Å²) in [5.74, 6) is 0.904. The fraction of sp³-hybridized carbons (Fsp3) is 0.103. The van der Waals surface area contributed by atoms with E-state index in [9.17, 15) is 21.6 Å². The first-order valence-electron chi connectivity index (χ1n) is 12.0. The maximum atomic E-state index is 13.8. The molecule has 5 nitrogen and oxygen atoms in total. The van der Waals surface area contributed by atoms with Crippen molar-refractivity contribution in [1.29, 1.82) is 0 Å². The van der Waals surface area contributed by atoms with Crippen LogP contribution in [0.3, 0.4) is 0 Å². The molecule has 5 rings (SSSR count). The SMILES string of the molecule is COc1ccc(S(OS(=O)(=O)C(F)(F)F)(c2ccc(OC)cc2)c2ccc(-c3ccc(-c4cccs4)cc3)s2)cc1. The van der Waals surface area contributed by atoms with E-state index in [4.69, 9.17) is 13.1 Å². The minimum absolute atomic E-state index is 0.248. The summed E-state index contributed by atoms with van der Waals surface area (Å²) in [4.78, 5) is 2.34. The fourth-order valence-corrected chi connectivity index (χ4v) is 11.4. The van der Waals surface area contributed by atoms with Crippen molar-refractivity contribution >= 4 is 43.1 Å². The number of benzene rings is 3. The zero-order valence-electron chi connectivity index (χ0n) is 21.6. The van der Waals surface area contributed by atoms with E-state index in [0.717, 1.165) is 20.9 Å². The van der Waals surface area contributed by atoms with Gasteiger partial charge in [-0.3, -0.25) is 0 Å². The molecule has 214 valence electrons. The van der Waals surface area contributed by atoms with E-state index in [1.807, 2.05) is 41.8 Å². The smallest absolute Gasteiger partial charge is 0.497 e. The summed E-state index contributed by atoms with van der Waals surface area (Å²) in [6.07, 6.45) is 0. The van der Waals surface area contributed by atoms with Crippen molar-refractivity contribution in [2.24, 2.45) is 0 Å². The maximum Gasteiger partial charge on any atom is 0.524 e. The molecule has 0 aliphatic heterocycles. The van der Waals surface area contributed by atoms with E-state index in [1.165, 1.54) is 49.8 Å². The molecule has 0 aliphatic rings. The van der Waals surface area contributed by atoms with Gasteiger partial charge in [0, 0.05) is 19.5 Å². The number of hydrogen-bond acceptors (Lipinski definition) is 7. The minimum atomic E-state index is -6.03. The molecule has 12 heteroatoms. The first-order valence-corrected chi connectivity index (χ1v) is 16.6. The lowest BCUT2D eigenvalue weighted by Gasteiger charge is -2.38. The van der Waals surface area contributed by atoms with Crippen LogP contribution in [0.25, 0.3) is 20.9 Å². The number of rotatable bonds is 9. The predicted octanol–water partition coefficient (Wildman–Crippen LogP) is 9.22. The van der Waals surface area contributed by atoms with Crippen molar-refractivity contribution in [2.45, 2.75) is 19.5 Å². The Kier molecular flexibility index (Phi) is 8.22. The molecule has 41 heavy (non-hydrogen) atoms. The second-order valence-corrected chi connectivity index (χ2v) is 15.2. The summed E-state index contributed by atoms with van der Waals surface area (Å²) in [6.45, 7) is 0. The molecular formula is C29H23F3O5S4. The molecule has 0 radical (unpaired) electrons. The van der Waals surface area contributed by atoms with Gasteiger partial charge in [-0.25, -0.2) is 0 Å². The van der Waals surface area contributed by atoms with E-state index in [1.54, 1.807) is 47.7 Å². The van der Waals surface area contributed by atoms with Crippen LogP contribution in [-0.4, -0.2) is 28.1 Å². The molecule has 3 aromatic carbocycles. The van der Waals surface area contributed by atoms with Gasteiger partial charge in [0.1, 0.15) is 11.5 Å². The standard InChI is InChI=1S/C29H23F3O5S4/c1-35-22-9-13-24(14-10-22)40(37-41(33,34)29(30,31)32,25-15-11-23(36-2)12-16-25)28-18-17-27(39-28)21-7-5-20(6-8-21)26-4-3-19-38-26/h3-19H,1-2H3. The largest absolute Gasteiger partial charge is 0.524 e. The maximum absolute atomic E-state index is 13.8. The highest BCUT2D eigenvalue weighted by molar-refractivity contribution is 8.34. The van der Waals surface area contributed by atoms with E-state index in [0.29, 0.717) is 15.7 Å². The van der Waals surface area contributed by atoms with Gasteiger partial charge in [-0.05, 0) is 93.5 Å². The van der Waals surface area contributed by atoms with Crippen molar-refractivity contribution in [3.05, 3.63) is 102 Å². The van der Waals surface area contributed by atoms with E-state index < -0.39 is 25.9 Å². The Morgan fingerprint density at radius 2 is 1.17 bits per heavy atom. The normalized spacial score (nSPS) is 12.7. The molecule has 0 amide bonds. The zero-order valence-corrected chi connectivity index (χ0v) is 24.9. The predicted molar refractivity (Wildman–Crippen MR) is 158 cm³/mol. The van der Waals surface area contributed by atoms with Crippen LogP contribution in [0.15, 0.2) is 116 Å². The fourth-order valence-electron chi connectivity index (χ4n) is 4.06. The van der Waals surface area contributed by atoms with Crippen molar-refractivity contribution in [2.75, 3.05) is 14.2 Å². The Morgan fingerprint density at radius 1 is 0.659 bits per heavy atom. The summed E-state index contributed by atoms with van der Waals surface area (Å²) in [5, 5.41) is 1.99. The van der Waals surface area contributed by atoms with Gasteiger partial charge in [0.25, 0.3) is 0 Å². The monoisotopic (exact) mass is 636 g/mol. The van der Waals surface area contributed by atoms with Crippen LogP contribution in [-0.2, 0) is 13.7 Å². The number of alkyl halides is 3. The van der Waals surface area contributed by atoms with Gasteiger partial charge in [-0.2, -0.15) is 25.2 Å². The highest BCUT2D eigenvalue weighted by Crippen LogP contribution is 2.72. The highest BCUT2D eigenvalue weighted by Gasteiger charge is 2.53. The Morgan fingerprint density at radius 3 is 1.61 bits per heavy atom. The summed E-state index contributed by atoms with van der Waals surface area (Å²) < 4.78 is 83.1. The van der Waals surface area contributed by atoms with Crippen LogP contribution < -0.4 is 9.47 Å². The zero-order chi connectivity index (χ0) is 29.3.